The zero-order valence-electron chi connectivity index (χ0n) is 8.41. The minimum Gasteiger partial charge on any atom is -0.501 e. The molecule has 1 aliphatic rings. The van der Waals surface area contributed by atoms with E-state index in [2.05, 4.69) is 37.4 Å². The van der Waals surface area contributed by atoms with Gasteiger partial charge in [-0.1, -0.05) is 0 Å². The molecule has 1 heterocycles. The summed E-state index contributed by atoms with van der Waals surface area (Å²) >= 11 is 4.18. The van der Waals surface area contributed by atoms with Gasteiger partial charge in [0.25, 0.3) is 0 Å². The van der Waals surface area contributed by atoms with Gasteiger partial charge in [-0.05, 0) is 25.8 Å². The molecule has 1 atom stereocenters. The minimum absolute atomic E-state index is 0.823. The Bertz CT molecular complexity index is 158. The van der Waals surface area contributed by atoms with Crippen LogP contribution in [0, 0.1) is 0 Å². The zero-order chi connectivity index (χ0) is 9.52. The van der Waals surface area contributed by atoms with E-state index in [1.54, 1.807) is 0 Å². The van der Waals surface area contributed by atoms with E-state index in [0.29, 0.717) is 0 Å². The second-order valence-corrected chi connectivity index (χ2v) is 5.98. The lowest BCUT2D eigenvalue weighted by Gasteiger charge is -2.20. The maximum atomic E-state index is 5.41. The molecule has 0 radical (unpaired) electrons. The number of hydrogen-bond donors (Lipinski definition) is 0. The van der Waals surface area contributed by atoms with Gasteiger partial charge in [0.15, 0.2) is 0 Å². The fraction of sp³-hybridized carbons (Fsp3) is 0.800. The normalized spacial score (nSPS) is 22.5. The summed E-state index contributed by atoms with van der Waals surface area (Å²) < 4.78 is 5.41. The van der Waals surface area contributed by atoms with Gasteiger partial charge >= 0.3 is 0 Å². The van der Waals surface area contributed by atoms with Gasteiger partial charge in [-0.25, -0.2) is 0 Å². The first kappa shape index (κ1) is 11.3. The van der Waals surface area contributed by atoms with E-state index in [9.17, 15) is 0 Å². The quantitative estimate of drug-likeness (QED) is 0.530. The maximum absolute atomic E-state index is 5.41. The fourth-order valence-electron chi connectivity index (χ4n) is 1.13. The van der Waals surface area contributed by atoms with E-state index in [1.165, 1.54) is 29.3 Å². The summed E-state index contributed by atoms with van der Waals surface area (Å²) in [7, 11) is 0. The highest BCUT2D eigenvalue weighted by Gasteiger charge is 2.13. The molecule has 13 heavy (non-hydrogen) atoms. The molecule has 1 fully saturated rings. The van der Waals surface area contributed by atoms with Crippen molar-refractivity contribution in [3.63, 3.8) is 0 Å². The van der Waals surface area contributed by atoms with Gasteiger partial charge in [-0.2, -0.15) is 23.5 Å². The highest BCUT2D eigenvalue weighted by molar-refractivity contribution is 8.06. The minimum atomic E-state index is 0.823. The van der Waals surface area contributed by atoms with Crippen LogP contribution >= 0.6 is 23.5 Å². The van der Waals surface area contributed by atoms with Gasteiger partial charge in [0.05, 0.1) is 12.9 Å². The highest BCUT2D eigenvalue weighted by atomic mass is 32.2. The SMILES string of the molecule is CC(C)=COCCC1CSCCS1. The Balaban J connectivity index is 2.01. The molecule has 0 saturated carbocycles. The van der Waals surface area contributed by atoms with E-state index in [-0.39, 0.29) is 0 Å². The largest absolute Gasteiger partial charge is 0.501 e. The second kappa shape index (κ2) is 6.66. The van der Waals surface area contributed by atoms with Crippen molar-refractivity contribution in [2.24, 2.45) is 0 Å². The first-order valence-corrected chi connectivity index (χ1v) is 6.93. The van der Waals surface area contributed by atoms with E-state index in [4.69, 9.17) is 4.74 Å². The molecule has 3 heteroatoms. The second-order valence-electron chi connectivity index (χ2n) is 3.42. The van der Waals surface area contributed by atoms with Gasteiger partial charge in [0.2, 0.25) is 0 Å². The smallest absolute Gasteiger partial charge is 0.0884 e. The van der Waals surface area contributed by atoms with Crippen LogP contribution in [-0.4, -0.2) is 29.1 Å². The Morgan fingerprint density at radius 3 is 2.92 bits per heavy atom. The third kappa shape index (κ3) is 5.53. The molecule has 1 unspecified atom stereocenters. The molecule has 1 saturated heterocycles. The van der Waals surface area contributed by atoms with Crippen molar-refractivity contribution in [1.82, 2.24) is 0 Å². The topological polar surface area (TPSA) is 9.23 Å². The molecule has 0 amide bonds. The lowest BCUT2D eigenvalue weighted by molar-refractivity contribution is 0.242. The van der Waals surface area contributed by atoms with Crippen LogP contribution in [0.25, 0.3) is 0 Å². The van der Waals surface area contributed by atoms with Gasteiger partial charge in [-0.3, -0.25) is 0 Å². The van der Waals surface area contributed by atoms with E-state index in [1.807, 2.05) is 6.26 Å². The first-order valence-electron chi connectivity index (χ1n) is 4.73. The average molecular weight is 218 g/mol. The summed E-state index contributed by atoms with van der Waals surface area (Å²) in [5.74, 6) is 3.96. The van der Waals surface area contributed by atoms with Gasteiger partial charge in [0, 0.05) is 22.5 Å². The molecule has 1 aliphatic heterocycles. The highest BCUT2D eigenvalue weighted by Crippen LogP contribution is 2.26. The van der Waals surface area contributed by atoms with Crippen molar-refractivity contribution in [1.29, 1.82) is 0 Å². The molecule has 0 spiro atoms. The summed E-state index contributed by atoms with van der Waals surface area (Å²) in [5.41, 5.74) is 1.24. The van der Waals surface area contributed by atoms with Crippen LogP contribution in [-0.2, 0) is 4.74 Å². The van der Waals surface area contributed by atoms with Gasteiger partial charge in [-0.15, -0.1) is 0 Å². The zero-order valence-corrected chi connectivity index (χ0v) is 10.0. The number of allylic oxidation sites excluding steroid dienone is 1. The third-order valence-corrected chi connectivity index (χ3v) is 4.68. The maximum Gasteiger partial charge on any atom is 0.0884 e. The van der Waals surface area contributed by atoms with Crippen molar-refractivity contribution >= 4 is 23.5 Å². The molecular formula is C10H18OS2. The Kier molecular flexibility index (Phi) is 5.80. The fourth-order valence-corrected chi connectivity index (χ4v) is 3.85. The van der Waals surface area contributed by atoms with Crippen LogP contribution in [0.1, 0.15) is 20.3 Å². The third-order valence-electron chi connectivity index (χ3n) is 1.76. The summed E-state index contributed by atoms with van der Waals surface area (Å²) in [5, 5.41) is 0.823. The van der Waals surface area contributed by atoms with Crippen LogP contribution < -0.4 is 0 Å². The predicted octanol–water partition coefficient (Wildman–Crippen LogP) is 3.17. The Hall–Kier alpha value is 0.240. The van der Waals surface area contributed by atoms with Crippen molar-refractivity contribution in [2.45, 2.75) is 25.5 Å². The van der Waals surface area contributed by atoms with Crippen LogP contribution in [0.5, 0.6) is 0 Å². The predicted molar refractivity (Wildman–Crippen MR) is 63.6 cm³/mol. The number of hydrogen-bond acceptors (Lipinski definition) is 3. The van der Waals surface area contributed by atoms with Crippen molar-refractivity contribution in [3.05, 3.63) is 11.8 Å². The van der Waals surface area contributed by atoms with Crippen molar-refractivity contribution in [2.75, 3.05) is 23.9 Å². The molecule has 76 valence electrons. The van der Waals surface area contributed by atoms with E-state index < -0.39 is 0 Å². The molecule has 0 aromatic heterocycles. The summed E-state index contributed by atoms with van der Waals surface area (Å²) in [6.45, 7) is 5.00. The molecule has 0 aliphatic carbocycles. The van der Waals surface area contributed by atoms with Gasteiger partial charge < -0.3 is 4.74 Å². The van der Waals surface area contributed by atoms with Crippen LogP contribution in [0.15, 0.2) is 11.8 Å². The number of ether oxygens (including phenoxy) is 1. The summed E-state index contributed by atoms with van der Waals surface area (Å²) in [4.78, 5) is 0. The molecular weight excluding hydrogens is 200 g/mol. The average Bonchev–Trinajstić information content (AvgIpc) is 2.14. The van der Waals surface area contributed by atoms with Crippen LogP contribution in [0.4, 0.5) is 0 Å². The first-order chi connectivity index (χ1) is 6.29. The summed E-state index contributed by atoms with van der Waals surface area (Å²) in [6, 6.07) is 0. The lowest BCUT2D eigenvalue weighted by atomic mass is 10.3. The standard InChI is InChI=1S/C10H18OS2/c1-9(2)7-11-4-3-10-8-12-5-6-13-10/h7,10H,3-6,8H2,1-2H3. The monoisotopic (exact) mass is 218 g/mol. The molecule has 1 nitrogen and oxygen atoms in total. The lowest BCUT2D eigenvalue weighted by Crippen LogP contribution is -2.15. The molecule has 0 aromatic rings. The number of rotatable bonds is 4. The van der Waals surface area contributed by atoms with Crippen molar-refractivity contribution in [3.8, 4) is 0 Å². The molecule has 1 rings (SSSR count). The molecule has 0 aromatic carbocycles. The van der Waals surface area contributed by atoms with Crippen molar-refractivity contribution < 1.29 is 4.74 Å². The van der Waals surface area contributed by atoms with Crippen LogP contribution in [0.2, 0.25) is 0 Å². The number of thioether (sulfide) groups is 2. The molecule has 0 bridgehead atoms. The Morgan fingerprint density at radius 2 is 2.31 bits per heavy atom. The van der Waals surface area contributed by atoms with Gasteiger partial charge in [0.1, 0.15) is 0 Å². The van der Waals surface area contributed by atoms with E-state index in [0.717, 1.165) is 11.9 Å². The summed E-state index contributed by atoms with van der Waals surface area (Å²) in [6.07, 6.45) is 3.06. The Labute approximate surface area is 89.7 Å². The van der Waals surface area contributed by atoms with Crippen LogP contribution in [0.3, 0.4) is 0 Å². The van der Waals surface area contributed by atoms with E-state index >= 15 is 0 Å². The molecule has 0 N–H and O–H groups in total. The Morgan fingerprint density at radius 1 is 1.46 bits per heavy atom.